The molecule has 3 heteroatoms. The lowest BCUT2D eigenvalue weighted by atomic mass is 10.1. The Morgan fingerprint density at radius 1 is 0.958 bits per heavy atom. The third-order valence-electron chi connectivity index (χ3n) is 4.02. The molecule has 0 unspecified atom stereocenters. The number of imidazole rings is 1. The van der Waals surface area contributed by atoms with E-state index in [1.54, 1.807) is 0 Å². The summed E-state index contributed by atoms with van der Waals surface area (Å²) in [7, 11) is 0. The molecule has 0 bridgehead atoms. The molecule has 1 heterocycles. The molecule has 0 aliphatic carbocycles. The van der Waals surface area contributed by atoms with Crippen molar-refractivity contribution in [2.45, 2.75) is 19.4 Å². The summed E-state index contributed by atoms with van der Waals surface area (Å²) >= 11 is 0. The molecule has 0 N–H and O–H groups in total. The molecule has 0 saturated carbocycles. The fourth-order valence-electron chi connectivity index (χ4n) is 2.87. The van der Waals surface area contributed by atoms with Crippen molar-refractivity contribution in [2.75, 3.05) is 0 Å². The second-order valence-corrected chi connectivity index (χ2v) is 5.70. The van der Waals surface area contributed by atoms with Gasteiger partial charge in [-0.2, -0.15) is 0 Å². The Kier molecular flexibility index (Phi) is 5.02. The minimum atomic E-state index is 0.511. The zero-order chi connectivity index (χ0) is 16.8. The van der Waals surface area contributed by atoms with Gasteiger partial charge < -0.3 is 4.57 Å². The fourth-order valence-corrected chi connectivity index (χ4v) is 2.87. The van der Waals surface area contributed by atoms with Gasteiger partial charge in [0.1, 0.15) is 11.5 Å². The lowest BCUT2D eigenvalue weighted by Crippen LogP contribution is -2.09. The minimum absolute atomic E-state index is 0.511. The topological polar surface area (TPSA) is 34.9 Å². The van der Waals surface area contributed by atoms with E-state index in [4.69, 9.17) is 0 Å². The van der Waals surface area contributed by atoms with Crippen molar-refractivity contribution < 1.29 is 4.79 Å². The van der Waals surface area contributed by atoms with Crippen molar-refractivity contribution in [3.8, 4) is 0 Å². The van der Waals surface area contributed by atoms with Crippen molar-refractivity contribution in [1.82, 2.24) is 9.55 Å². The van der Waals surface area contributed by atoms with E-state index in [0.717, 1.165) is 17.8 Å². The average Bonchev–Trinajstić information content (AvgIpc) is 2.94. The Morgan fingerprint density at radius 3 is 2.17 bits per heavy atom. The van der Waals surface area contributed by atoms with Gasteiger partial charge >= 0.3 is 0 Å². The van der Waals surface area contributed by atoms with Gasteiger partial charge in [0.05, 0.1) is 5.69 Å². The molecule has 3 aromatic rings. The highest BCUT2D eigenvalue weighted by Gasteiger charge is 2.16. The molecule has 0 saturated heterocycles. The number of aromatic nitrogens is 2. The van der Waals surface area contributed by atoms with Gasteiger partial charge in [0.15, 0.2) is 6.29 Å². The molecule has 0 aliphatic rings. The van der Waals surface area contributed by atoms with Gasteiger partial charge in [-0.05, 0) is 11.1 Å². The SMILES string of the molecule is C=CCc1c(C=O)nc(Cc2ccccc2)n1Cc1ccccc1. The summed E-state index contributed by atoms with van der Waals surface area (Å²) < 4.78 is 2.15. The average molecular weight is 316 g/mol. The van der Waals surface area contributed by atoms with Crippen LogP contribution in [0, 0.1) is 0 Å². The number of carbonyl (C=O) groups excluding carboxylic acids is 1. The molecule has 3 rings (SSSR count). The molecule has 0 spiro atoms. The number of hydrogen-bond donors (Lipinski definition) is 0. The van der Waals surface area contributed by atoms with E-state index in [9.17, 15) is 4.79 Å². The van der Waals surface area contributed by atoms with Gasteiger partial charge in [-0.15, -0.1) is 6.58 Å². The Balaban J connectivity index is 2.02. The van der Waals surface area contributed by atoms with E-state index >= 15 is 0 Å². The van der Waals surface area contributed by atoms with E-state index in [1.807, 2.05) is 42.5 Å². The van der Waals surface area contributed by atoms with Crippen LogP contribution in [0.15, 0.2) is 73.3 Å². The second-order valence-electron chi connectivity index (χ2n) is 5.70. The molecule has 0 aliphatic heterocycles. The molecule has 0 amide bonds. The van der Waals surface area contributed by atoms with Gasteiger partial charge in [-0.25, -0.2) is 4.98 Å². The summed E-state index contributed by atoms with van der Waals surface area (Å²) in [4.78, 5) is 16.0. The molecule has 0 radical (unpaired) electrons. The molecule has 120 valence electrons. The molecule has 24 heavy (non-hydrogen) atoms. The molecule has 0 fully saturated rings. The van der Waals surface area contributed by atoms with Crippen molar-refractivity contribution in [3.05, 3.63) is 102 Å². The van der Waals surface area contributed by atoms with Gasteiger partial charge in [0.2, 0.25) is 0 Å². The van der Waals surface area contributed by atoms with Gasteiger partial charge in [0.25, 0.3) is 0 Å². The van der Waals surface area contributed by atoms with Crippen molar-refractivity contribution in [2.24, 2.45) is 0 Å². The Morgan fingerprint density at radius 2 is 1.58 bits per heavy atom. The number of carbonyl (C=O) groups is 1. The minimum Gasteiger partial charge on any atom is -0.326 e. The Hall–Kier alpha value is -2.94. The molecule has 2 aromatic carbocycles. The van der Waals surface area contributed by atoms with Gasteiger partial charge in [-0.1, -0.05) is 66.7 Å². The quantitative estimate of drug-likeness (QED) is 0.486. The van der Waals surface area contributed by atoms with Crippen LogP contribution in [0.3, 0.4) is 0 Å². The van der Waals surface area contributed by atoms with Gasteiger partial charge in [0, 0.05) is 19.4 Å². The zero-order valence-electron chi connectivity index (χ0n) is 13.6. The van der Waals surface area contributed by atoms with Crippen molar-refractivity contribution in [3.63, 3.8) is 0 Å². The highest BCUT2D eigenvalue weighted by Crippen LogP contribution is 2.18. The first-order valence-corrected chi connectivity index (χ1v) is 8.04. The first-order chi connectivity index (χ1) is 11.8. The van der Waals surface area contributed by atoms with Crippen molar-refractivity contribution in [1.29, 1.82) is 0 Å². The number of benzene rings is 2. The number of allylic oxidation sites excluding steroid dienone is 1. The normalized spacial score (nSPS) is 10.5. The van der Waals surface area contributed by atoms with E-state index in [1.165, 1.54) is 11.1 Å². The monoisotopic (exact) mass is 316 g/mol. The fraction of sp³-hybridized carbons (Fsp3) is 0.143. The first kappa shape index (κ1) is 15.9. The highest BCUT2D eigenvalue weighted by molar-refractivity contribution is 5.74. The van der Waals surface area contributed by atoms with E-state index in [2.05, 4.69) is 40.4 Å². The van der Waals surface area contributed by atoms with Crippen LogP contribution in [0.2, 0.25) is 0 Å². The standard InChI is InChI=1S/C21H20N2O/c1-2-9-20-19(16-24)22-21(14-17-10-5-3-6-11-17)23(20)15-18-12-7-4-8-13-18/h2-8,10-13,16H,1,9,14-15H2. The summed E-state index contributed by atoms with van der Waals surface area (Å²) in [5.41, 5.74) is 3.80. The third-order valence-corrected chi connectivity index (χ3v) is 4.02. The van der Waals surface area contributed by atoms with Crippen LogP contribution < -0.4 is 0 Å². The van der Waals surface area contributed by atoms with Crippen molar-refractivity contribution >= 4 is 6.29 Å². The molecular weight excluding hydrogens is 296 g/mol. The maximum absolute atomic E-state index is 11.5. The largest absolute Gasteiger partial charge is 0.326 e. The second kappa shape index (κ2) is 7.55. The lowest BCUT2D eigenvalue weighted by molar-refractivity contribution is 0.111. The molecule has 1 aromatic heterocycles. The smallest absolute Gasteiger partial charge is 0.170 e. The lowest BCUT2D eigenvalue weighted by Gasteiger charge is -2.12. The van der Waals surface area contributed by atoms with E-state index < -0.39 is 0 Å². The summed E-state index contributed by atoms with van der Waals surface area (Å²) in [5.74, 6) is 0.906. The summed E-state index contributed by atoms with van der Waals surface area (Å²) in [5, 5.41) is 0. The van der Waals surface area contributed by atoms with Crippen LogP contribution in [0.4, 0.5) is 0 Å². The van der Waals surface area contributed by atoms with Crippen LogP contribution >= 0.6 is 0 Å². The number of aldehydes is 1. The van der Waals surface area contributed by atoms with Crippen LogP contribution in [0.5, 0.6) is 0 Å². The van der Waals surface area contributed by atoms with E-state index in [0.29, 0.717) is 25.1 Å². The molecule has 3 nitrogen and oxygen atoms in total. The van der Waals surface area contributed by atoms with Crippen LogP contribution in [-0.4, -0.2) is 15.8 Å². The van der Waals surface area contributed by atoms with E-state index in [-0.39, 0.29) is 0 Å². The Labute approximate surface area is 142 Å². The molecular formula is C21H20N2O. The first-order valence-electron chi connectivity index (χ1n) is 8.04. The Bertz CT molecular complexity index is 820. The summed E-state index contributed by atoms with van der Waals surface area (Å²) in [6.07, 6.45) is 3.99. The highest BCUT2D eigenvalue weighted by atomic mass is 16.1. The molecule has 0 atom stereocenters. The number of rotatable bonds is 7. The van der Waals surface area contributed by atoms with Crippen LogP contribution in [0.1, 0.15) is 33.1 Å². The predicted molar refractivity (Wildman–Crippen MR) is 96.3 cm³/mol. The summed E-state index contributed by atoms with van der Waals surface area (Å²) in [6.45, 7) is 4.52. The van der Waals surface area contributed by atoms with Crippen LogP contribution in [0.25, 0.3) is 0 Å². The van der Waals surface area contributed by atoms with Gasteiger partial charge in [-0.3, -0.25) is 4.79 Å². The van der Waals surface area contributed by atoms with Crippen LogP contribution in [-0.2, 0) is 19.4 Å². The third kappa shape index (κ3) is 3.51. The number of hydrogen-bond acceptors (Lipinski definition) is 2. The maximum Gasteiger partial charge on any atom is 0.170 e. The zero-order valence-corrected chi connectivity index (χ0v) is 13.6. The summed E-state index contributed by atoms with van der Waals surface area (Å²) in [6, 6.07) is 20.4. The number of nitrogens with zero attached hydrogens (tertiary/aromatic N) is 2. The maximum atomic E-state index is 11.5. The predicted octanol–water partition coefficient (Wildman–Crippen LogP) is 4.06.